The van der Waals surface area contributed by atoms with E-state index in [9.17, 15) is 5.11 Å². The van der Waals surface area contributed by atoms with E-state index < -0.39 is 6.10 Å². The molecule has 0 aliphatic heterocycles. The lowest BCUT2D eigenvalue weighted by Gasteiger charge is -2.18. The molecule has 0 saturated heterocycles. The Morgan fingerprint density at radius 3 is 2.48 bits per heavy atom. The van der Waals surface area contributed by atoms with Gasteiger partial charge in [0.05, 0.1) is 13.2 Å². The van der Waals surface area contributed by atoms with Crippen molar-refractivity contribution in [3.8, 4) is 5.75 Å². The van der Waals surface area contributed by atoms with Gasteiger partial charge in [0, 0.05) is 12.6 Å². The van der Waals surface area contributed by atoms with E-state index in [2.05, 4.69) is 43.4 Å². The van der Waals surface area contributed by atoms with Crippen molar-refractivity contribution in [3.63, 3.8) is 0 Å². The van der Waals surface area contributed by atoms with Gasteiger partial charge in [-0.25, -0.2) is 0 Å². The smallest absolute Gasteiger partial charge is 0.119 e. The second-order valence-corrected chi connectivity index (χ2v) is 5.33. The van der Waals surface area contributed by atoms with Crippen LogP contribution >= 0.6 is 0 Å². The molecule has 0 aliphatic rings. The van der Waals surface area contributed by atoms with Gasteiger partial charge in [-0.15, -0.1) is 0 Å². The third-order valence-electron chi connectivity index (χ3n) is 3.67. The summed E-state index contributed by atoms with van der Waals surface area (Å²) in [4.78, 5) is 0. The number of hydrogen-bond acceptors (Lipinski definition) is 3. The molecule has 0 spiro atoms. The molecule has 2 aromatic carbocycles. The molecule has 0 bridgehead atoms. The van der Waals surface area contributed by atoms with Crippen molar-refractivity contribution in [1.82, 2.24) is 5.32 Å². The van der Waals surface area contributed by atoms with Gasteiger partial charge < -0.3 is 15.2 Å². The van der Waals surface area contributed by atoms with Crippen molar-refractivity contribution in [2.75, 3.05) is 13.7 Å². The van der Waals surface area contributed by atoms with E-state index in [-0.39, 0.29) is 6.04 Å². The number of benzene rings is 2. The van der Waals surface area contributed by atoms with Gasteiger partial charge >= 0.3 is 0 Å². The summed E-state index contributed by atoms with van der Waals surface area (Å²) >= 11 is 0. The van der Waals surface area contributed by atoms with Gasteiger partial charge in [-0.1, -0.05) is 42.0 Å². The number of aliphatic hydroxyl groups is 1. The fourth-order valence-corrected chi connectivity index (χ4v) is 2.23. The lowest BCUT2D eigenvalue weighted by molar-refractivity contribution is 0.170. The fourth-order valence-electron chi connectivity index (χ4n) is 2.23. The standard InChI is InChI=1S/C18H23NO2/c1-13-7-9-15(10-8-13)14(2)19-12-18(20)16-5-4-6-17(11-16)21-3/h4-11,14,18-20H,12H2,1-3H3/t14-,18?/m0/s1. The minimum Gasteiger partial charge on any atom is -0.497 e. The monoisotopic (exact) mass is 285 g/mol. The highest BCUT2D eigenvalue weighted by molar-refractivity contribution is 5.30. The summed E-state index contributed by atoms with van der Waals surface area (Å²) in [7, 11) is 1.63. The number of aryl methyl sites for hydroxylation is 1. The SMILES string of the molecule is COc1cccc(C(O)CN[C@@H](C)c2ccc(C)cc2)c1. The van der Waals surface area contributed by atoms with Crippen LogP contribution in [0.2, 0.25) is 0 Å². The highest BCUT2D eigenvalue weighted by Crippen LogP contribution is 2.20. The molecule has 0 heterocycles. The average molecular weight is 285 g/mol. The quantitative estimate of drug-likeness (QED) is 0.855. The molecular weight excluding hydrogens is 262 g/mol. The molecule has 3 nitrogen and oxygen atoms in total. The second-order valence-electron chi connectivity index (χ2n) is 5.33. The van der Waals surface area contributed by atoms with Gasteiger partial charge in [0.15, 0.2) is 0 Å². The summed E-state index contributed by atoms with van der Waals surface area (Å²) in [6.45, 7) is 4.68. The van der Waals surface area contributed by atoms with Crippen molar-refractivity contribution in [1.29, 1.82) is 0 Å². The minimum absolute atomic E-state index is 0.200. The predicted octanol–water partition coefficient (Wildman–Crippen LogP) is 3.39. The summed E-state index contributed by atoms with van der Waals surface area (Å²) in [6.07, 6.45) is -0.548. The van der Waals surface area contributed by atoms with Gasteiger partial charge in [0.25, 0.3) is 0 Å². The predicted molar refractivity (Wildman–Crippen MR) is 85.6 cm³/mol. The Bertz CT molecular complexity index is 566. The first-order valence-electron chi connectivity index (χ1n) is 7.22. The summed E-state index contributed by atoms with van der Waals surface area (Å²) in [5, 5.41) is 13.6. The second kappa shape index (κ2) is 7.25. The summed E-state index contributed by atoms with van der Waals surface area (Å²) in [5.41, 5.74) is 3.33. The van der Waals surface area contributed by atoms with Crippen molar-refractivity contribution in [2.24, 2.45) is 0 Å². The summed E-state index contributed by atoms with van der Waals surface area (Å²) in [5.74, 6) is 0.762. The maximum atomic E-state index is 10.3. The van der Waals surface area contributed by atoms with Crippen LogP contribution in [0.25, 0.3) is 0 Å². The van der Waals surface area contributed by atoms with Crippen LogP contribution < -0.4 is 10.1 Å². The van der Waals surface area contributed by atoms with Gasteiger partial charge in [0.2, 0.25) is 0 Å². The first-order valence-corrected chi connectivity index (χ1v) is 7.22. The molecule has 0 fully saturated rings. The highest BCUT2D eigenvalue weighted by atomic mass is 16.5. The van der Waals surface area contributed by atoms with Crippen molar-refractivity contribution < 1.29 is 9.84 Å². The first kappa shape index (κ1) is 15.5. The maximum Gasteiger partial charge on any atom is 0.119 e. The molecule has 0 aliphatic carbocycles. The summed E-state index contributed by atoms with van der Waals surface area (Å²) < 4.78 is 5.18. The third kappa shape index (κ3) is 4.31. The van der Waals surface area contributed by atoms with Gasteiger partial charge in [-0.3, -0.25) is 0 Å². The first-order chi connectivity index (χ1) is 10.1. The number of aliphatic hydroxyl groups excluding tert-OH is 1. The Kier molecular flexibility index (Phi) is 5.37. The Balaban J connectivity index is 1.93. The Hall–Kier alpha value is -1.84. The average Bonchev–Trinajstić information content (AvgIpc) is 2.53. The molecule has 2 rings (SSSR count). The molecule has 0 radical (unpaired) electrons. The van der Waals surface area contributed by atoms with E-state index in [0.717, 1.165) is 11.3 Å². The molecule has 0 amide bonds. The van der Waals surface area contributed by atoms with Crippen LogP contribution in [0.3, 0.4) is 0 Å². The maximum absolute atomic E-state index is 10.3. The number of nitrogens with one attached hydrogen (secondary N) is 1. The van der Waals surface area contributed by atoms with Crippen LogP contribution in [-0.4, -0.2) is 18.8 Å². The van der Waals surface area contributed by atoms with Crippen LogP contribution in [0.4, 0.5) is 0 Å². The van der Waals surface area contributed by atoms with Crippen LogP contribution in [0.5, 0.6) is 5.75 Å². The van der Waals surface area contributed by atoms with Crippen molar-refractivity contribution in [3.05, 3.63) is 65.2 Å². The zero-order valence-corrected chi connectivity index (χ0v) is 12.8. The molecule has 1 unspecified atom stereocenters. The van der Waals surface area contributed by atoms with Crippen LogP contribution in [0.15, 0.2) is 48.5 Å². The fraction of sp³-hybridized carbons (Fsp3) is 0.333. The van der Waals surface area contributed by atoms with E-state index in [4.69, 9.17) is 4.74 Å². The highest BCUT2D eigenvalue weighted by Gasteiger charge is 2.11. The molecule has 112 valence electrons. The Morgan fingerprint density at radius 1 is 1.10 bits per heavy atom. The van der Waals surface area contributed by atoms with Gasteiger partial charge in [-0.2, -0.15) is 0 Å². The zero-order chi connectivity index (χ0) is 15.2. The Labute approximate surface area is 126 Å². The molecule has 0 aromatic heterocycles. The minimum atomic E-state index is -0.548. The number of ether oxygens (including phenoxy) is 1. The van der Waals surface area contributed by atoms with E-state index in [1.807, 2.05) is 24.3 Å². The van der Waals surface area contributed by atoms with E-state index >= 15 is 0 Å². The lowest BCUT2D eigenvalue weighted by atomic mass is 10.1. The molecule has 3 heteroatoms. The van der Waals surface area contributed by atoms with Crippen LogP contribution in [-0.2, 0) is 0 Å². The van der Waals surface area contributed by atoms with Crippen LogP contribution in [0, 0.1) is 6.92 Å². The topological polar surface area (TPSA) is 41.5 Å². The largest absolute Gasteiger partial charge is 0.497 e. The number of hydrogen-bond donors (Lipinski definition) is 2. The van der Waals surface area contributed by atoms with E-state index in [0.29, 0.717) is 6.54 Å². The zero-order valence-electron chi connectivity index (χ0n) is 12.8. The summed E-state index contributed by atoms with van der Waals surface area (Å²) in [6, 6.07) is 16.2. The molecule has 21 heavy (non-hydrogen) atoms. The molecule has 0 saturated carbocycles. The van der Waals surface area contributed by atoms with E-state index in [1.165, 1.54) is 11.1 Å². The molecular formula is C18H23NO2. The van der Waals surface area contributed by atoms with Crippen molar-refractivity contribution >= 4 is 0 Å². The Morgan fingerprint density at radius 2 is 1.81 bits per heavy atom. The third-order valence-corrected chi connectivity index (χ3v) is 3.67. The molecule has 2 aromatic rings. The molecule has 2 atom stereocenters. The van der Waals surface area contributed by atoms with Crippen LogP contribution in [0.1, 0.15) is 35.8 Å². The number of rotatable bonds is 6. The normalized spacial score (nSPS) is 13.7. The van der Waals surface area contributed by atoms with Gasteiger partial charge in [0.1, 0.15) is 5.75 Å². The molecule has 2 N–H and O–H groups in total. The number of methoxy groups -OCH3 is 1. The lowest BCUT2D eigenvalue weighted by Crippen LogP contribution is -2.24. The van der Waals surface area contributed by atoms with Gasteiger partial charge in [-0.05, 0) is 37.1 Å². The van der Waals surface area contributed by atoms with Crippen molar-refractivity contribution in [2.45, 2.75) is 26.0 Å². The van der Waals surface area contributed by atoms with E-state index in [1.54, 1.807) is 7.11 Å².